The molecule has 2 fully saturated rings. The van der Waals surface area contributed by atoms with Gasteiger partial charge < -0.3 is 25.0 Å². The number of likely N-dealkylation sites (N-methyl/N-ethyl adjacent to an activating group) is 1. The van der Waals surface area contributed by atoms with Crippen molar-refractivity contribution in [2.24, 2.45) is 11.7 Å². The van der Waals surface area contributed by atoms with Crippen molar-refractivity contribution < 1.29 is 22.8 Å². The van der Waals surface area contributed by atoms with E-state index >= 15 is 0 Å². The monoisotopic (exact) mass is 480 g/mol. The fourth-order valence-electron chi connectivity index (χ4n) is 4.86. The summed E-state index contributed by atoms with van der Waals surface area (Å²) in [5.74, 6) is -1.71. The third kappa shape index (κ3) is 4.84. The van der Waals surface area contributed by atoms with E-state index in [-0.39, 0.29) is 48.3 Å². The number of hydrogen-bond donors (Lipinski definition) is 1. The number of benzene rings is 1. The Balaban J connectivity index is 1.59. The van der Waals surface area contributed by atoms with Crippen molar-refractivity contribution in [2.45, 2.75) is 45.4 Å². The van der Waals surface area contributed by atoms with Crippen molar-refractivity contribution >= 4 is 28.8 Å². The number of hydrogen-bond acceptors (Lipinski definition) is 5. The van der Waals surface area contributed by atoms with Gasteiger partial charge in [0.15, 0.2) is 11.6 Å². The van der Waals surface area contributed by atoms with Gasteiger partial charge in [0.05, 0.1) is 17.1 Å². The molecular weight excluding hydrogens is 449 g/mol. The van der Waals surface area contributed by atoms with E-state index in [1.54, 1.807) is 19.3 Å². The summed E-state index contributed by atoms with van der Waals surface area (Å²) in [6.07, 6.45) is -0.109. The van der Waals surface area contributed by atoms with Gasteiger partial charge in [-0.2, -0.15) is 0 Å². The number of rotatable bonds is 6. The van der Waals surface area contributed by atoms with Gasteiger partial charge in [-0.15, -0.1) is 0 Å². The number of anilines is 1. The first-order valence-electron chi connectivity index (χ1n) is 11.7. The Morgan fingerprint density at radius 2 is 1.91 bits per heavy atom. The average Bonchev–Trinajstić information content (AvgIpc) is 3.40. The highest BCUT2D eigenvalue weighted by Gasteiger charge is 2.31. The van der Waals surface area contributed by atoms with Gasteiger partial charge in [0, 0.05) is 58.3 Å². The molecule has 2 saturated heterocycles. The van der Waals surface area contributed by atoms with E-state index < -0.39 is 23.8 Å². The van der Waals surface area contributed by atoms with E-state index in [1.807, 2.05) is 6.92 Å². The predicted molar refractivity (Wildman–Crippen MR) is 122 cm³/mol. The van der Waals surface area contributed by atoms with Gasteiger partial charge in [0.2, 0.25) is 17.8 Å². The Labute approximate surface area is 196 Å². The summed E-state index contributed by atoms with van der Waals surface area (Å²) in [4.78, 5) is 34.7. The number of imidazole rings is 1. The summed E-state index contributed by atoms with van der Waals surface area (Å²) in [6, 6.07) is 1.32. The topological polar surface area (TPSA) is 87.7 Å². The smallest absolute Gasteiger partial charge is 0.242 e. The SMILES string of the molecule is CCN(CC1CCN(C(C)=O)C1)C(=O)Cn1c(N2CC[C@@H](F)[C@H](N)C2)nc2cc(F)c(F)cc21. The van der Waals surface area contributed by atoms with Crippen molar-refractivity contribution in [1.82, 2.24) is 19.4 Å². The minimum absolute atomic E-state index is 0.0240. The third-order valence-corrected chi connectivity index (χ3v) is 6.86. The Bertz CT molecular complexity index is 1080. The first kappa shape index (κ1) is 24.3. The van der Waals surface area contributed by atoms with Gasteiger partial charge in [-0.25, -0.2) is 18.2 Å². The van der Waals surface area contributed by atoms with Crippen molar-refractivity contribution in [2.75, 3.05) is 44.2 Å². The van der Waals surface area contributed by atoms with Gasteiger partial charge in [-0.3, -0.25) is 9.59 Å². The second kappa shape index (κ2) is 9.81. The lowest BCUT2D eigenvalue weighted by Crippen LogP contribution is -2.50. The van der Waals surface area contributed by atoms with E-state index in [9.17, 15) is 22.8 Å². The second-order valence-electron chi connectivity index (χ2n) is 9.22. The standard InChI is InChI=1S/C23H31F3N6O2/c1-3-29(10-15-4-6-30(11-15)14(2)33)22(34)13-32-21-9-18(26)17(25)8-20(21)28-23(32)31-7-5-16(24)19(27)12-31/h8-9,15-16,19H,3-7,10-13,27H2,1-2H3/t15?,16-,19-/m1/s1. The molecule has 2 aromatic rings. The number of carbonyl (C=O) groups excluding carboxylic acids is 2. The van der Waals surface area contributed by atoms with E-state index in [0.29, 0.717) is 38.7 Å². The normalized spacial score (nSPS) is 23.1. The Morgan fingerprint density at radius 3 is 2.56 bits per heavy atom. The van der Waals surface area contributed by atoms with Gasteiger partial charge >= 0.3 is 0 Å². The van der Waals surface area contributed by atoms with E-state index in [2.05, 4.69) is 4.98 Å². The molecule has 8 nitrogen and oxygen atoms in total. The van der Waals surface area contributed by atoms with Crippen LogP contribution in [0.25, 0.3) is 11.0 Å². The van der Waals surface area contributed by atoms with Crippen LogP contribution in [0.5, 0.6) is 0 Å². The zero-order chi connectivity index (χ0) is 24.6. The van der Waals surface area contributed by atoms with Crippen LogP contribution in [0.1, 0.15) is 26.7 Å². The van der Waals surface area contributed by atoms with Crippen LogP contribution in [0.3, 0.4) is 0 Å². The molecule has 0 saturated carbocycles. The maximum atomic E-state index is 14.1. The maximum Gasteiger partial charge on any atom is 0.242 e. The molecule has 2 aliphatic rings. The van der Waals surface area contributed by atoms with Crippen LogP contribution < -0.4 is 10.6 Å². The summed E-state index contributed by atoms with van der Waals surface area (Å²) in [5, 5.41) is 0. The molecule has 0 radical (unpaired) electrons. The summed E-state index contributed by atoms with van der Waals surface area (Å²) in [7, 11) is 0. The maximum absolute atomic E-state index is 14.1. The lowest BCUT2D eigenvalue weighted by molar-refractivity contribution is -0.132. The fourth-order valence-corrected chi connectivity index (χ4v) is 4.86. The number of piperidine rings is 1. The Hall–Kier alpha value is -2.82. The van der Waals surface area contributed by atoms with Crippen LogP contribution in [-0.2, 0) is 16.1 Å². The lowest BCUT2D eigenvalue weighted by atomic mass is 10.1. The lowest BCUT2D eigenvalue weighted by Gasteiger charge is -2.34. The highest BCUT2D eigenvalue weighted by Crippen LogP contribution is 2.28. The van der Waals surface area contributed by atoms with Crippen LogP contribution in [0.2, 0.25) is 0 Å². The molecule has 0 spiro atoms. The molecule has 2 N–H and O–H groups in total. The molecule has 34 heavy (non-hydrogen) atoms. The molecule has 0 bridgehead atoms. The van der Waals surface area contributed by atoms with Crippen LogP contribution in [0.15, 0.2) is 12.1 Å². The van der Waals surface area contributed by atoms with Crippen LogP contribution >= 0.6 is 0 Å². The van der Waals surface area contributed by atoms with Gasteiger partial charge in [-0.1, -0.05) is 0 Å². The van der Waals surface area contributed by atoms with Crippen molar-refractivity contribution in [3.8, 4) is 0 Å². The minimum atomic E-state index is -1.14. The number of nitrogens with two attached hydrogens (primary N) is 1. The number of nitrogens with zero attached hydrogens (tertiary/aromatic N) is 5. The first-order chi connectivity index (χ1) is 16.2. The molecule has 2 aliphatic heterocycles. The third-order valence-electron chi connectivity index (χ3n) is 6.86. The van der Waals surface area contributed by atoms with Gasteiger partial charge in [0.25, 0.3) is 0 Å². The number of carbonyl (C=O) groups is 2. The van der Waals surface area contributed by atoms with E-state index in [1.165, 1.54) is 6.92 Å². The van der Waals surface area contributed by atoms with Crippen molar-refractivity contribution in [1.29, 1.82) is 0 Å². The molecular formula is C23H31F3N6O2. The molecule has 4 rings (SSSR count). The molecule has 1 unspecified atom stereocenters. The van der Waals surface area contributed by atoms with Gasteiger partial charge in [0.1, 0.15) is 12.7 Å². The molecule has 0 aliphatic carbocycles. The second-order valence-corrected chi connectivity index (χ2v) is 9.22. The number of likely N-dealkylation sites (tertiary alicyclic amines) is 1. The largest absolute Gasteiger partial charge is 0.343 e. The van der Waals surface area contributed by atoms with Crippen molar-refractivity contribution in [3.05, 3.63) is 23.8 Å². The Morgan fingerprint density at radius 1 is 1.18 bits per heavy atom. The fraction of sp³-hybridized carbons (Fsp3) is 0.609. The number of halogens is 3. The number of amides is 2. The molecule has 2 amide bonds. The molecule has 1 aromatic carbocycles. The van der Waals surface area contributed by atoms with Gasteiger partial charge in [-0.05, 0) is 25.7 Å². The summed E-state index contributed by atoms with van der Waals surface area (Å²) in [5.41, 5.74) is 6.42. The summed E-state index contributed by atoms with van der Waals surface area (Å²) < 4.78 is 43.5. The average molecular weight is 481 g/mol. The Kier molecular flexibility index (Phi) is 7.01. The minimum Gasteiger partial charge on any atom is -0.343 e. The molecule has 3 atom stereocenters. The summed E-state index contributed by atoms with van der Waals surface area (Å²) in [6.45, 7) is 6.07. The quantitative estimate of drug-likeness (QED) is 0.683. The van der Waals surface area contributed by atoms with Crippen LogP contribution in [-0.4, -0.2) is 82.6 Å². The van der Waals surface area contributed by atoms with Crippen molar-refractivity contribution in [3.63, 3.8) is 0 Å². The highest BCUT2D eigenvalue weighted by molar-refractivity contribution is 5.83. The van der Waals surface area contributed by atoms with E-state index in [0.717, 1.165) is 18.6 Å². The first-order valence-corrected chi connectivity index (χ1v) is 11.7. The summed E-state index contributed by atoms with van der Waals surface area (Å²) >= 11 is 0. The molecule has 1 aromatic heterocycles. The molecule has 186 valence electrons. The predicted octanol–water partition coefficient (Wildman–Crippen LogP) is 1.91. The number of alkyl halides is 1. The van der Waals surface area contributed by atoms with E-state index in [4.69, 9.17) is 5.73 Å². The van der Waals surface area contributed by atoms with Crippen LogP contribution in [0, 0.1) is 17.6 Å². The highest BCUT2D eigenvalue weighted by atomic mass is 19.2. The number of aromatic nitrogens is 2. The molecule has 3 heterocycles. The zero-order valence-corrected chi connectivity index (χ0v) is 19.5. The molecule has 11 heteroatoms. The van der Waals surface area contributed by atoms with Crippen LogP contribution in [0.4, 0.5) is 19.1 Å². The number of fused-ring (bicyclic) bond motifs is 1. The zero-order valence-electron chi connectivity index (χ0n) is 19.5.